The zero-order valence-electron chi connectivity index (χ0n) is 11.5. The van der Waals surface area contributed by atoms with Crippen LogP contribution in [0.4, 0.5) is 5.88 Å². The number of anilines is 1. The molecule has 3 aromatic rings. The van der Waals surface area contributed by atoms with Crippen LogP contribution in [0.3, 0.4) is 0 Å². The highest BCUT2D eigenvalue weighted by atomic mass is 16.5. The smallest absolute Gasteiger partial charge is 0.258 e. The molecule has 0 aliphatic heterocycles. The van der Waals surface area contributed by atoms with E-state index in [0.29, 0.717) is 11.4 Å². The van der Waals surface area contributed by atoms with Crippen molar-refractivity contribution >= 4 is 11.8 Å². The van der Waals surface area contributed by atoms with Gasteiger partial charge in [-0.25, -0.2) is 0 Å². The van der Waals surface area contributed by atoms with Crippen molar-refractivity contribution < 1.29 is 9.32 Å². The van der Waals surface area contributed by atoms with Crippen molar-refractivity contribution in [3.63, 3.8) is 0 Å². The number of amides is 1. The molecule has 0 saturated carbocycles. The molecule has 104 valence electrons. The highest BCUT2D eigenvalue weighted by Gasteiger charge is 2.09. The molecule has 0 aliphatic carbocycles. The summed E-state index contributed by atoms with van der Waals surface area (Å²) in [6, 6.07) is 19.1. The number of nitrogens with zero attached hydrogens (tertiary/aromatic N) is 1. The van der Waals surface area contributed by atoms with E-state index in [1.54, 1.807) is 25.1 Å². The van der Waals surface area contributed by atoms with Crippen LogP contribution in [0.1, 0.15) is 16.1 Å². The van der Waals surface area contributed by atoms with E-state index in [4.69, 9.17) is 4.52 Å². The fourth-order valence-corrected chi connectivity index (χ4v) is 2.05. The van der Waals surface area contributed by atoms with Gasteiger partial charge in [0.05, 0.1) is 5.69 Å². The Hall–Kier alpha value is -2.88. The second kappa shape index (κ2) is 5.63. The van der Waals surface area contributed by atoms with Gasteiger partial charge in [0.15, 0.2) is 0 Å². The second-order valence-electron chi connectivity index (χ2n) is 4.73. The van der Waals surface area contributed by atoms with Crippen LogP contribution in [0.2, 0.25) is 0 Å². The van der Waals surface area contributed by atoms with Gasteiger partial charge in [-0.2, -0.15) is 0 Å². The van der Waals surface area contributed by atoms with E-state index < -0.39 is 0 Å². The number of aryl methyl sites for hydroxylation is 1. The van der Waals surface area contributed by atoms with Gasteiger partial charge in [0.1, 0.15) is 0 Å². The number of hydrogen-bond acceptors (Lipinski definition) is 3. The van der Waals surface area contributed by atoms with Gasteiger partial charge in [-0.15, -0.1) is 0 Å². The van der Waals surface area contributed by atoms with E-state index in [2.05, 4.69) is 10.5 Å². The minimum absolute atomic E-state index is 0.217. The van der Waals surface area contributed by atoms with Gasteiger partial charge in [0.25, 0.3) is 5.91 Å². The maximum absolute atomic E-state index is 12.1. The molecule has 1 N–H and O–H groups in total. The third kappa shape index (κ3) is 3.00. The average Bonchev–Trinajstić information content (AvgIpc) is 2.93. The molecule has 0 spiro atoms. The van der Waals surface area contributed by atoms with Crippen molar-refractivity contribution in [1.82, 2.24) is 5.16 Å². The third-order valence-electron chi connectivity index (χ3n) is 3.12. The number of carbonyl (C=O) groups excluding carboxylic acids is 1. The standard InChI is InChI=1S/C17H14N2O2/c1-12-11-16(21-19-12)18-17(20)15-9-7-14(8-10-15)13-5-3-2-4-6-13/h2-11H,1H3,(H,18,20). The molecule has 0 unspecified atom stereocenters. The molecule has 21 heavy (non-hydrogen) atoms. The zero-order valence-corrected chi connectivity index (χ0v) is 11.5. The normalized spacial score (nSPS) is 10.3. The molecule has 4 heteroatoms. The summed E-state index contributed by atoms with van der Waals surface area (Å²) in [7, 11) is 0. The van der Waals surface area contributed by atoms with Crippen molar-refractivity contribution in [2.45, 2.75) is 6.92 Å². The minimum Gasteiger partial charge on any atom is -0.338 e. The zero-order chi connectivity index (χ0) is 14.7. The summed E-state index contributed by atoms with van der Waals surface area (Å²) in [5, 5.41) is 6.40. The summed E-state index contributed by atoms with van der Waals surface area (Å²) in [4.78, 5) is 12.1. The fourth-order valence-electron chi connectivity index (χ4n) is 2.05. The van der Waals surface area contributed by atoms with Crippen LogP contribution in [0.25, 0.3) is 11.1 Å². The van der Waals surface area contributed by atoms with E-state index in [9.17, 15) is 4.79 Å². The Balaban J connectivity index is 1.76. The molecular weight excluding hydrogens is 264 g/mol. The molecule has 1 aromatic heterocycles. The summed E-state index contributed by atoms with van der Waals surface area (Å²) in [6.45, 7) is 1.80. The van der Waals surface area contributed by atoms with Crippen LogP contribution in [0, 0.1) is 6.92 Å². The third-order valence-corrected chi connectivity index (χ3v) is 3.12. The summed E-state index contributed by atoms with van der Waals surface area (Å²) in [6.07, 6.45) is 0. The lowest BCUT2D eigenvalue weighted by Crippen LogP contribution is -2.11. The maximum Gasteiger partial charge on any atom is 0.258 e. The summed E-state index contributed by atoms with van der Waals surface area (Å²) in [5.41, 5.74) is 3.49. The molecule has 0 atom stereocenters. The van der Waals surface area contributed by atoms with Crippen molar-refractivity contribution in [3.8, 4) is 11.1 Å². The first-order valence-corrected chi connectivity index (χ1v) is 6.62. The molecule has 2 aromatic carbocycles. The Labute approximate surface area is 122 Å². The summed E-state index contributed by atoms with van der Waals surface area (Å²) >= 11 is 0. The first-order valence-electron chi connectivity index (χ1n) is 6.62. The van der Waals surface area contributed by atoms with E-state index >= 15 is 0 Å². The Morgan fingerprint density at radius 3 is 2.29 bits per heavy atom. The van der Waals surface area contributed by atoms with Gasteiger partial charge >= 0.3 is 0 Å². The van der Waals surface area contributed by atoms with Gasteiger partial charge in [-0.05, 0) is 30.2 Å². The van der Waals surface area contributed by atoms with Gasteiger partial charge in [0, 0.05) is 11.6 Å². The Morgan fingerprint density at radius 2 is 1.67 bits per heavy atom. The first kappa shape index (κ1) is 13.1. The van der Waals surface area contributed by atoms with Crippen molar-refractivity contribution in [2.75, 3.05) is 5.32 Å². The largest absolute Gasteiger partial charge is 0.338 e. The molecule has 0 bridgehead atoms. The predicted molar refractivity (Wildman–Crippen MR) is 81.1 cm³/mol. The quantitative estimate of drug-likeness (QED) is 0.790. The molecular formula is C17H14N2O2. The van der Waals surface area contributed by atoms with Crippen molar-refractivity contribution in [1.29, 1.82) is 0 Å². The van der Waals surface area contributed by atoms with E-state index in [1.165, 1.54) is 0 Å². The van der Waals surface area contributed by atoms with E-state index in [1.807, 2.05) is 42.5 Å². The van der Waals surface area contributed by atoms with Crippen molar-refractivity contribution in [3.05, 3.63) is 71.9 Å². The SMILES string of the molecule is Cc1cc(NC(=O)c2ccc(-c3ccccc3)cc2)on1. The number of nitrogens with one attached hydrogen (secondary N) is 1. The second-order valence-corrected chi connectivity index (χ2v) is 4.73. The lowest BCUT2D eigenvalue weighted by atomic mass is 10.0. The predicted octanol–water partition coefficient (Wildman–Crippen LogP) is 3.90. The summed E-state index contributed by atoms with van der Waals surface area (Å²) < 4.78 is 4.97. The molecule has 1 amide bonds. The monoisotopic (exact) mass is 278 g/mol. The maximum atomic E-state index is 12.1. The van der Waals surface area contributed by atoms with Crippen LogP contribution >= 0.6 is 0 Å². The minimum atomic E-state index is -0.217. The lowest BCUT2D eigenvalue weighted by Gasteiger charge is -2.04. The van der Waals surface area contributed by atoms with E-state index in [0.717, 1.165) is 16.8 Å². The van der Waals surface area contributed by atoms with Crippen LogP contribution in [-0.4, -0.2) is 11.1 Å². The van der Waals surface area contributed by atoms with Gasteiger partial charge < -0.3 is 4.52 Å². The summed E-state index contributed by atoms with van der Waals surface area (Å²) in [5.74, 6) is 0.135. The Kier molecular flexibility index (Phi) is 3.51. The topological polar surface area (TPSA) is 55.1 Å². The molecule has 0 fully saturated rings. The molecule has 0 saturated heterocycles. The van der Waals surface area contributed by atoms with Crippen LogP contribution in [0.15, 0.2) is 65.2 Å². The molecule has 3 rings (SSSR count). The highest BCUT2D eigenvalue weighted by Crippen LogP contribution is 2.19. The van der Waals surface area contributed by atoms with Crippen molar-refractivity contribution in [2.24, 2.45) is 0 Å². The number of benzene rings is 2. The number of hydrogen-bond donors (Lipinski definition) is 1. The van der Waals surface area contributed by atoms with Crippen LogP contribution < -0.4 is 5.32 Å². The first-order chi connectivity index (χ1) is 10.2. The Morgan fingerprint density at radius 1 is 1.00 bits per heavy atom. The molecule has 0 aliphatic rings. The van der Waals surface area contributed by atoms with E-state index in [-0.39, 0.29) is 5.91 Å². The van der Waals surface area contributed by atoms with Crippen LogP contribution in [-0.2, 0) is 0 Å². The van der Waals surface area contributed by atoms with Gasteiger partial charge in [-0.1, -0.05) is 47.6 Å². The van der Waals surface area contributed by atoms with Gasteiger partial charge in [-0.3, -0.25) is 10.1 Å². The van der Waals surface area contributed by atoms with Crippen LogP contribution in [0.5, 0.6) is 0 Å². The number of aromatic nitrogens is 1. The molecule has 1 heterocycles. The average molecular weight is 278 g/mol. The molecule has 4 nitrogen and oxygen atoms in total. The Bertz CT molecular complexity index is 746. The van der Waals surface area contributed by atoms with Gasteiger partial charge in [0.2, 0.25) is 5.88 Å². The molecule has 0 radical (unpaired) electrons. The lowest BCUT2D eigenvalue weighted by molar-refractivity contribution is 0.102. The number of carbonyl (C=O) groups is 1. The highest BCUT2D eigenvalue weighted by molar-refractivity contribution is 6.03. The number of rotatable bonds is 3. The fraction of sp³-hybridized carbons (Fsp3) is 0.0588.